The molecule has 184 valence electrons. The topological polar surface area (TPSA) is 17.1 Å². The van der Waals surface area contributed by atoms with E-state index >= 15 is 0 Å². The van der Waals surface area contributed by atoms with E-state index in [9.17, 15) is 4.79 Å². The molecule has 8 atom stereocenters. The van der Waals surface area contributed by atoms with Crippen molar-refractivity contribution in [3.63, 3.8) is 0 Å². The number of unbranched alkanes of at least 4 members (excludes halogenated alkanes) is 5. The maximum Gasteiger partial charge on any atom is 0.188 e. The van der Waals surface area contributed by atoms with Crippen LogP contribution in [-0.2, 0) is 4.79 Å². The van der Waals surface area contributed by atoms with Crippen LogP contribution in [0.4, 0.5) is 0 Å². The van der Waals surface area contributed by atoms with Crippen LogP contribution in [0.2, 0.25) is 0 Å². The van der Waals surface area contributed by atoms with Crippen molar-refractivity contribution in [2.45, 2.75) is 142 Å². The van der Waals surface area contributed by atoms with E-state index in [-0.39, 0.29) is 0 Å². The zero-order valence-electron chi connectivity index (χ0n) is 21.8. The predicted molar refractivity (Wildman–Crippen MR) is 140 cm³/mol. The van der Waals surface area contributed by atoms with Gasteiger partial charge in [-0.05, 0) is 105 Å². The summed E-state index contributed by atoms with van der Waals surface area (Å²) in [5.74, 6) is 4.88. The largest absolute Gasteiger partial charge is 0.287 e. The second kappa shape index (κ2) is 10.7. The Morgan fingerprint density at radius 2 is 1.53 bits per heavy atom. The Bertz CT molecular complexity index is 630. The van der Waals surface area contributed by atoms with Gasteiger partial charge in [-0.15, -0.1) is 0 Å². The zero-order chi connectivity index (χ0) is 22.8. The fraction of sp³-hybridized carbons (Fsp3) is 0.967. The lowest BCUT2D eigenvalue weighted by molar-refractivity contribution is -0.112. The molecule has 0 saturated heterocycles. The number of rotatable bonds is 9. The molecule has 0 heterocycles. The quantitative estimate of drug-likeness (QED) is 0.319. The van der Waals surface area contributed by atoms with E-state index < -0.39 is 0 Å². The Morgan fingerprint density at radius 1 is 0.812 bits per heavy atom. The first-order chi connectivity index (χ1) is 15.4. The first-order valence-corrected chi connectivity index (χ1v) is 15.5. The molecule has 4 aliphatic rings. The van der Waals surface area contributed by atoms with Crippen molar-refractivity contribution in [1.82, 2.24) is 0 Å². The van der Waals surface area contributed by atoms with Gasteiger partial charge in [-0.2, -0.15) is 0 Å². The van der Waals surface area contributed by atoms with Crippen LogP contribution >= 0.6 is 11.8 Å². The Hall–Kier alpha value is 0.0200. The van der Waals surface area contributed by atoms with Crippen molar-refractivity contribution in [3.8, 4) is 0 Å². The third-order valence-electron chi connectivity index (χ3n) is 11.3. The van der Waals surface area contributed by atoms with Gasteiger partial charge < -0.3 is 0 Å². The lowest BCUT2D eigenvalue weighted by Gasteiger charge is -2.61. The van der Waals surface area contributed by atoms with Crippen LogP contribution < -0.4 is 0 Å². The maximum atomic E-state index is 12.0. The molecule has 32 heavy (non-hydrogen) atoms. The third-order valence-corrected chi connectivity index (χ3v) is 12.6. The van der Waals surface area contributed by atoms with Crippen LogP contribution in [0.25, 0.3) is 0 Å². The van der Waals surface area contributed by atoms with Crippen molar-refractivity contribution < 1.29 is 4.79 Å². The number of carbonyl (C=O) groups is 1. The van der Waals surface area contributed by atoms with Crippen molar-refractivity contribution in [3.05, 3.63) is 0 Å². The molecule has 4 rings (SSSR count). The minimum absolute atomic E-state index is 0.420. The predicted octanol–water partition coefficient (Wildman–Crippen LogP) is 9.43. The molecule has 0 N–H and O–H groups in total. The van der Waals surface area contributed by atoms with Crippen LogP contribution in [0.1, 0.15) is 137 Å². The molecule has 0 aromatic carbocycles. The molecule has 0 amide bonds. The summed E-state index contributed by atoms with van der Waals surface area (Å²) in [6, 6.07) is 0. The molecular formula is C30H52OS. The van der Waals surface area contributed by atoms with E-state index in [0.717, 1.165) is 29.6 Å². The maximum absolute atomic E-state index is 12.0. The zero-order valence-corrected chi connectivity index (χ0v) is 22.6. The van der Waals surface area contributed by atoms with Gasteiger partial charge in [-0.1, -0.05) is 78.0 Å². The summed E-state index contributed by atoms with van der Waals surface area (Å²) < 4.78 is 0. The lowest BCUT2D eigenvalue weighted by atomic mass is 9.45. The van der Waals surface area contributed by atoms with Gasteiger partial charge in [0, 0.05) is 11.7 Å². The molecule has 0 aromatic rings. The first-order valence-electron chi connectivity index (χ1n) is 14.6. The van der Waals surface area contributed by atoms with E-state index in [2.05, 4.69) is 20.8 Å². The standard InChI is InChI=1S/C30H52OS/c1-5-7-8-9-10-11-12-22-14-16-26-25-15-13-23-21-24(32-28(31)6-2)17-19-30(23,4)27(25)18-20-29(22,26)3/h22-27H,5-21H2,1-4H3/t22-,23+,24+,25+,26-,27-,29-,30+/m1/s1. The van der Waals surface area contributed by atoms with Crippen molar-refractivity contribution in [2.75, 3.05) is 0 Å². The van der Waals surface area contributed by atoms with Crippen LogP contribution in [-0.4, -0.2) is 10.4 Å². The van der Waals surface area contributed by atoms with E-state index in [1.54, 1.807) is 11.8 Å². The van der Waals surface area contributed by atoms with E-state index in [0.29, 0.717) is 27.6 Å². The van der Waals surface area contributed by atoms with Gasteiger partial charge in [-0.3, -0.25) is 4.79 Å². The highest BCUT2D eigenvalue weighted by Crippen LogP contribution is 2.68. The number of hydrogen-bond donors (Lipinski definition) is 0. The van der Waals surface area contributed by atoms with Crippen LogP contribution in [0, 0.1) is 40.4 Å². The molecule has 0 aliphatic heterocycles. The van der Waals surface area contributed by atoms with Gasteiger partial charge in [0.15, 0.2) is 5.12 Å². The number of fused-ring (bicyclic) bond motifs is 5. The normalized spacial score (nSPS) is 43.4. The van der Waals surface area contributed by atoms with Gasteiger partial charge in [-0.25, -0.2) is 0 Å². The second-order valence-electron chi connectivity index (χ2n) is 12.8. The fourth-order valence-corrected chi connectivity index (χ4v) is 10.5. The molecule has 4 aliphatic carbocycles. The molecule has 1 nitrogen and oxygen atoms in total. The Balaban J connectivity index is 1.35. The van der Waals surface area contributed by atoms with Gasteiger partial charge in [0.25, 0.3) is 0 Å². The average Bonchev–Trinajstić information content (AvgIpc) is 3.12. The number of thioether (sulfide) groups is 1. The monoisotopic (exact) mass is 460 g/mol. The smallest absolute Gasteiger partial charge is 0.188 e. The fourth-order valence-electron chi connectivity index (χ4n) is 9.35. The minimum Gasteiger partial charge on any atom is -0.287 e. The minimum atomic E-state index is 0.420. The Morgan fingerprint density at radius 3 is 2.31 bits per heavy atom. The SMILES string of the molecule is CCCCCCCC[C@@H]1CC[C@@H]2[C@@H]3CC[C@H]4C[C@@H](SC(=O)CC)CC[C@]4(C)[C@@H]3CC[C@]12C. The van der Waals surface area contributed by atoms with Gasteiger partial charge in [0.05, 0.1) is 0 Å². The summed E-state index contributed by atoms with van der Waals surface area (Å²) in [4.78, 5) is 12.0. The van der Waals surface area contributed by atoms with Gasteiger partial charge in [0.1, 0.15) is 0 Å². The molecule has 4 fully saturated rings. The lowest BCUT2D eigenvalue weighted by Crippen LogP contribution is -2.53. The second-order valence-corrected chi connectivity index (χ2v) is 14.1. The highest BCUT2D eigenvalue weighted by molar-refractivity contribution is 8.14. The molecule has 0 unspecified atom stereocenters. The van der Waals surface area contributed by atoms with Gasteiger partial charge in [0.2, 0.25) is 0 Å². The highest BCUT2D eigenvalue weighted by atomic mass is 32.2. The summed E-state index contributed by atoms with van der Waals surface area (Å²) in [6.07, 6.45) is 23.9. The van der Waals surface area contributed by atoms with Crippen LogP contribution in [0.3, 0.4) is 0 Å². The summed E-state index contributed by atoms with van der Waals surface area (Å²) >= 11 is 1.69. The number of hydrogen-bond acceptors (Lipinski definition) is 2. The summed E-state index contributed by atoms with van der Waals surface area (Å²) in [5.41, 5.74) is 1.21. The van der Waals surface area contributed by atoms with Crippen LogP contribution in [0.5, 0.6) is 0 Å². The van der Waals surface area contributed by atoms with E-state index in [4.69, 9.17) is 0 Å². The Kier molecular flexibility index (Phi) is 8.43. The molecule has 0 bridgehead atoms. The molecule has 0 radical (unpaired) electrons. The number of carbonyl (C=O) groups excluding carboxylic acids is 1. The Labute approximate surface area is 204 Å². The molecule has 0 spiro atoms. The average molecular weight is 461 g/mol. The highest BCUT2D eigenvalue weighted by Gasteiger charge is 2.59. The summed E-state index contributed by atoms with van der Waals surface area (Å²) in [7, 11) is 0. The van der Waals surface area contributed by atoms with Crippen LogP contribution in [0.15, 0.2) is 0 Å². The third kappa shape index (κ3) is 4.87. The van der Waals surface area contributed by atoms with E-state index in [1.807, 2.05) is 6.92 Å². The van der Waals surface area contributed by atoms with Crippen molar-refractivity contribution >= 4 is 16.9 Å². The molecule has 4 saturated carbocycles. The first kappa shape index (κ1) is 25.1. The summed E-state index contributed by atoms with van der Waals surface area (Å²) in [6.45, 7) is 9.75. The molecule has 0 aromatic heterocycles. The van der Waals surface area contributed by atoms with Gasteiger partial charge >= 0.3 is 0 Å². The molecule has 2 heteroatoms. The summed E-state index contributed by atoms with van der Waals surface area (Å²) in [5, 5.41) is 1.03. The van der Waals surface area contributed by atoms with Crippen molar-refractivity contribution in [1.29, 1.82) is 0 Å². The molecular weight excluding hydrogens is 408 g/mol. The van der Waals surface area contributed by atoms with Crippen molar-refractivity contribution in [2.24, 2.45) is 40.4 Å². The van der Waals surface area contributed by atoms with E-state index in [1.165, 1.54) is 103 Å².